The summed E-state index contributed by atoms with van der Waals surface area (Å²) < 4.78 is 0. The van der Waals surface area contributed by atoms with E-state index in [4.69, 9.17) is 0 Å². The lowest BCUT2D eigenvalue weighted by Gasteiger charge is -2.13. The molecule has 0 aliphatic heterocycles. The molecule has 96 valence electrons. The third kappa shape index (κ3) is 4.75. The first-order chi connectivity index (χ1) is 7.54. The van der Waals surface area contributed by atoms with Gasteiger partial charge < -0.3 is 10.6 Å². The topological polar surface area (TPSA) is 41.1 Å². The molecule has 1 amide bonds. The van der Waals surface area contributed by atoms with Gasteiger partial charge in [0.25, 0.3) is 0 Å². The Bertz CT molecular complexity index is 380. The molecule has 0 fully saturated rings. The van der Waals surface area contributed by atoms with E-state index in [-0.39, 0.29) is 24.2 Å². The molecule has 1 atom stereocenters. The van der Waals surface area contributed by atoms with Crippen LogP contribution in [-0.2, 0) is 4.79 Å². The number of hydrogen-bond acceptors (Lipinski definition) is 2. The van der Waals surface area contributed by atoms with Crippen LogP contribution in [0.25, 0.3) is 0 Å². The highest BCUT2D eigenvalue weighted by molar-refractivity contribution is 5.93. The van der Waals surface area contributed by atoms with Gasteiger partial charge >= 0.3 is 0 Å². The van der Waals surface area contributed by atoms with Crippen LogP contribution in [0.15, 0.2) is 18.2 Å². The summed E-state index contributed by atoms with van der Waals surface area (Å²) >= 11 is 0. The maximum Gasteiger partial charge on any atom is 0.228 e. The number of amides is 1. The zero-order chi connectivity index (χ0) is 12.1. The lowest BCUT2D eigenvalue weighted by atomic mass is 10.1. The molecule has 0 saturated carbocycles. The van der Waals surface area contributed by atoms with Gasteiger partial charge in [0, 0.05) is 18.2 Å². The quantitative estimate of drug-likeness (QED) is 0.869. The maximum atomic E-state index is 11.8. The molecule has 0 heterocycles. The Labute approximate surface area is 109 Å². The molecule has 0 aromatic heterocycles. The highest BCUT2D eigenvalue weighted by atomic mass is 35.5. The van der Waals surface area contributed by atoms with Gasteiger partial charge in [0.05, 0.1) is 0 Å². The lowest BCUT2D eigenvalue weighted by molar-refractivity contribution is -0.119. The van der Waals surface area contributed by atoms with Crippen molar-refractivity contribution in [1.29, 1.82) is 0 Å². The molecular formula is C13H21ClN2O. The fraction of sp³-hybridized carbons (Fsp3) is 0.462. The van der Waals surface area contributed by atoms with Gasteiger partial charge in [0.2, 0.25) is 5.91 Å². The smallest absolute Gasteiger partial charge is 0.228 e. The SMILES string of the molecule is CNCC(C)C(=O)Nc1cc(C)ccc1C.Cl. The highest BCUT2D eigenvalue weighted by Gasteiger charge is 2.12. The van der Waals surface area contributed by atoms with Gasteiger partial charge in [-0.2, -0.15) is 0 Å². The fourth-order valence-corrected chi connectivity index (χ4v) is 1.53. The highest BCUT2D eigenvalue weighted by Crippen LogP contribution is 2.17. The van der Waals surface area contributed by atoms with E-state index < -0.39 is 0 Å². The second kappa shape index (κ2) is 7.30. The number of carbonyl (C=O) groups excluding carboxylic acids is 1. The third-order valence-corrected chi connectivity index (χ3v) is 2.61. The number of rotatable bonds is 4. The molecule has 2 N–H and O–H groups in total. The van der Waals surface area contributed by atoms with Crippen molar-refractivity contribution in [2.75, 3.05) is 18.9 Å². The van der Waals surface area contributed by atoms with Crippen LogP contribution >= 0.6 is 12.4 Å². The van der Waals surface area contributed by atoms with E-state index >= 15 is 0 Å². The molecular weight excluding hydrogens is 236 g/mol. The zero-order valence-corrected chi connectivity index (χ0v) is 11.6. The van der Waals surface area contributed by atoms with Gasteiger partial charge in [-0.15, -0.1) is 12.4 Å². The average molecular weight is 257 g/mol. The van der Waals surface area contributed by atoms with Crippen molar-refractivity contribution in [2.45, 2.75) is 20.8 Å². The number of halogens is 1. The molecule has 0 spiro atoms. The Morgan fingerprint density at radius 1 is 1.35 bits per heavy atom. The minimum atomic E-state index is -0.0232. The molecule has 1 unspecified atom stereocenters. The lowest BCUT2D eigenvalue weighted by Crippen LogP contribution is -2.28. The van der Waals surface area contributed by atoms with Crippen molar-refractivity contribution in [3.8, 4) is 0 Å². The Balaban J connectivity index is 0.00000256. The zero-order valence-electron chi connectivity index (χ0n) is 10.8. The van der Waals surface area contributed by atoms with Crippen LogP contribution in [0.3, 0.4) is 0 Å². The van der Waals surface area contributed by atoms with Gasteiger partial charge in [-0.05, 0) is 38.1 Å². The summed E-state index contributed by atoms with van der Waals surface area (Å²) in [7, 11) is 1.85. The van der Waals surface area contributed by atoms with E-state index in [1.165, 1.54) is 0 Å². The summed E-state index contributed by atoms with van der Waals surface area (Å²) in [4.78, 5) is 11.8. The molecule has 1 aromatic carbocycles. The van der Waals surface area contributed by atoms with E-state index in [1.807, 2.05) is 46.0 Å². The summed E-state index contributed by atoms with van der Waals surface area (Å²) in [6.07, 6.45) is 0. The number of carbonyl (C=O) groups is 1. The van der Waals surface area contributed by atoms with Crippen molar-refractivity contribution in [1.82, 2.24) is 5.32 Å². The van der Waals surface area contributed by atoms with Gasteiger partial charge in [-0.3, -0.25) is 4.79 Å². The summed E-state index contributed by atoms with van der Waals surface area (Å²) in [5, 5.41) is 5.96. The van der Waals surface area contributed by atoms with Crippen molar-refractivity contribution in [3.05, 3.63) is 29.3 Å². The second-order valence-corrected chi connectivity index (χ2v) is 4.27. The van der Waals surface area contributed by atoms with Crippen molar-refractivity contribution >= 4 is 24.0 Å². The second-order valence-electron chi connectivity index (χ2n) is 4.27. The minimum absolute atomic E-state index is 0. The molecule has 0 radical (unpaired) electrons. The number of hydrogen-bond donors (Lipinski definition) is 2. The molecule has 0 aliphatic carbocycles. The first-order valence-corrected chi connectivity index (χ1v) is 5.57. The maximum absolute atomic E-state index is 11.8. The standard InChI is InChI=1S/C13H20N2O.ClH/c1-9-5-6-10(2)12(7-9)15-13(16)11(3)8-14-4;/h5-7,11,14H,8H2,1-4H3,(H,15,16);1H. The molecule has 1 rings (SSSR count). The summed E-state index contributed by atoms with van der Waals surface area (Å²) in [5.41, 5.74) is 3.16. The average Bonchev–Trinajstić information content (AvgIpc) is 2.23. The molecule has 0 bridgehead atoms. The van der Waals surface area contributed by atoms with E-state index in [1.54, 1.807) is 0 Å². The van der Waals surface area contributed by atoms with Gasteiger partial charge in [-0.25, -0.2) is 0 Å². The minimum Gasteiger partial charge on any atom is -0.326 e. The van der Waals surface area contributed by atoms with Crippen molar-refractivity contribution in [2.24, 2.45) is 5.92 Å². The van der Waals surface area contributed by atoms with Crippen molar-refractivity contribution in [3.63, 3.8) is 0 Å². The molecule has 1 aromatic rings. The van der Waals surface area contributed by atoms with Crippen LogP contribution in [0.2, 0.25) is 0 Å². The third-order valence-electron chi connectivity index (χ3n) is 2.61. The van der Waals surface area contributed by atoms with Crippen molar-refractivity contribution < 1.29 is 4.79 Å². The Morgan fingerprint density at radius 2 is 2.00 bits per heavy atom. The number of anilines is 1. The van der Waals surface area contributed by atoms with Crippen LogP contribution < -0.4 is 10.6 Å². The van der Waals surface area contributed by atoms with Crippen LogP contribution in [-0.4, -0.2) is 19.5 Å². The molecule has 4 heteroatoms. The molecule has 17 heavy (non-hydrogen) atoms. The monoisotopic (exact) mass is 256 g/mol. The Kier molecular flexibility index (Phi) is 6.85. The van der Waals surface area contributed by atoms with Crippen LogP contribution in [0.1, 0.15) is 18.1 Å². The molecule has 0 saturated heterocycles. The van der Waals surface area contributed by atoms with Crippen LogP contribution in [0.4, 0.5) is 5.69 Å². The number of nitrogens with one attached hydrogen (secondary N) is 2. The summed E-state index contributed by atoms with van der Waals surface area (Å²) in [6.45, 7) is 6.62. The summed E-state index contributed by atoms with van der Waals surface area (Å²) in [6, 6.07) is 6.06. The largest absolute Gasteiger partial charge is 0.326 e. The van der Waals surface area contributed by atoms with Gasteiger partial charge in [0.1, 0.15) is 0 Å². The Morgan fingerprint density at radius 3 is 2.59 bits per heavy atom. The predicted molar refractivity (Wildman–Crippen MR) is 74.9 cm³/mol. The first kappa shape index (κ1) is 15.9. The molecule has 3 nitrogen and oxygen atoms in total. The predicted octanol–water partition coefficient (Wildman–Crippen LogP) is 2.52. The van der Waals surface area contributed by atoms with E-state index in [2.05, 4.69) is 10.6 Å². The van der Waals surface area contributed by atoms with Gasteiger partial charge in [-0.1, -0.05) is 19.1 Å². The Hall–Kier alpha value is -1.06. The van der Waals surface area contributed by atoms with E-state index in [9.17, 15) is 4.79 Å². The first-order valence-electron chi connectivity index (χ1n) is 5.57. The van der Waals surface area contributed by atoms with E-state index in [0.29, 0.717) is 6.54 Å². The van der Waals surface area contributed by atoms with Crippen LogP contribution in [0.5, 0.6) is 0 Å². The molecule has 0 aliphatic rings. The number of aryl methyl sites for hydroxylation is 2. The van der Waals surface area contributed by atoms with E-state index in [0.717, 1.165) is 16.8 Å². The normalized spacial score (nSPS) is 11.5. The van der Waals surface area contributed by atoms with Gasteiger partial charge in [0.15, 0.2) is 0 Å². The fourth-order valence-electron chi connectivity index (χ4n) is 1.53. The van der Waals surface area contributed by atoms with Crippen LogP contribution in [0, 0.1) is 19.8 Å². The number of benzene rings is 1. The summed E-state index contributed by atoms with van der Waals surface area (Å²) in [5.74, 6) is 0.0352.